The molecule has 1 saturated heterocycles. The number of likely N-dealkylation sites (tertiary alicyclic amines) is 1. The van der Waals surface area contributed by atoms with E-state index in [2.05, 4.69) is 17.9 Å². The van der Waals surface area contributed by atoms with Crippen LogP contribution in [0.15, 0.2) is 12.1 Å². The molecule has 2 heterocycles. The van der Waals surface area contributed by atoms with Crippen molar-refractivity contribution in [2.24, 2.45) is 5.73 Å². The third-order valence-electron chi connectivity index (χ3n) is 4.47. The van der Waals surface area contributed by atoms with Gasteiger partial charge in [0.15, 0.2) is 0 Å². The summed E-state index contributed by atoms with van der Waals surface area (Å²) in [6.07, 6.45) is 4.71. The Bertz CT molecular complexity index is 493. The lowest BCUT2D eigenvalue weighted by molar-refractivity contribution is 0.122. The van der Waals surface area contributed by atoms with Crippen molar-refractivity contribution in [1.29, 1.82) is 0 Å². The highest BCUT2D eigenvalue weighted by Crippen LogP contribution is 2.34. The first-order valence-electron chi connectivity index (χ1n) is 7.59. The highest BCUT2D eigenvalue weighted by atomic mass is 35.5. The first-order chi connectivity index (χ1) is 9.65. The van der Waals surface area contributed by atoms with Gasteiger partial charge in [-0.25, -0.2) is 0 Å². The van der Waals surface area contributed by atoms with Crippen molar-refractivity contribution in [2.45, 2.75) is 51.2 Å². The highest BCUT2D eigenvalue weighted by Gasteiger charge is 2.27. The molecule has 2 atom stereocenters. The van der Waals surface area contributed by atoms with E-state index in [9.17, 15) is 0 Å². The van der Waals surface area contributed by atoms with Gasteiger partial charge in [0.1, 0.15) is 5.75 Å². The molecule has 0 saturated carbocycles. The van der Waals surface area contributed by atoms with Gasteiger partial charge in [0, 0.05) is 35.6 Å². The third-order valence-corrected chi connectivity index (χ3v) is 4.69. The summed E-state index contributed by atoms with van der Waals surface area (Å²) in [5.74, 6) is 1.06. The molecule has 118 valence electrons. The molecule has 0 amide bonds. The van der Waals surface area contributed by atoms with Gasteiger partial charge in [-0.3, -0.25) is 4.90 Å². The molecule has 0 aromatic heterocycles. The summed E-state index contributed by atoms with van der Waals surface area (Å²) in [6.45, 7) is 4.91. The molecule has 1 aromatic rings. The molecule has 1 fully saturated rings. The summed E-state index contributed by atoms with van der Waals surface area (Å²) in [6, 6.07) is 4.77. The Morgan fingerprint density at radius 3 is 3.00 bits per heavy atom. The van der Waals surface area contributed by atoms with Crippen LogP contribution in [0.1, 0.15) is 37.3 Å². The molecule has 21 heavy (non-hydrogen) atoms. The van der Waals surface area contributed by atoms with E-state index in [1.807, 2.05) is 6.07 Å². The lowest BCUT2D eigenvalue weighted by Gasteiger charge is -2.38. The molecule has 0 radical (unpaired) electrons. The number of ether oxygens (including phenoxy) is 1. The third kappa shape index (κ3) is 3.65. The predicted molar refractivity (Wildman–Crippen MR) is 89.6 cm³/mol. The molecule has 3 rings (SSSR count). The first-order valence-corrected chi connectivity index (χ1v) is 7.96. The van der Waals surface area contributed by atoms with Crippen LogP contribution in [0.2, 0.25) is 5.02 Å². The average Bonchev–Trinajstić information content (AvgIpc) is 2.87. The summed E-state index contributed by atoms with van der Waals surface area (Å²) in [7, 11) is 0. The number of rotatable bonds is 3. The van der Waals surface area contributed by atoms with Gasteiger partial charge in [-0.1, -0.05) is 18.0 Å². The topological polar surface area (TPSA) is 38.5 Å². The Morgan fingerprint density at radius 2 is 2.24 bits per heavy atom. The van der Waals surface area contributed by atoms with Gasteiger partial charge in [-0.05, 0) is 44.0 Å². The molecule has 5 heteroatoms. The van der Waals surface area contributed by atoms with Crippen LogP contribution in [-0.2, 0) is 13.0 Å². The first kappa shape index (κ1) is 16.9. The summed E-state index contributed by atoms with van der Waals surface area (Å²) < 4.78 is 5.81. The van der Waals surface area contributed by atoms with Gasteiger partial charge < -0.3 is 10.5 Å². The summed E-state index contributed by atoms with van der Waals surface area (Å²) >= 11 is 6.25. The van der Waals surface area contributed by atoms with Crippen LogP contribution in [0, 0.1) is 0 Å². The monoisotopic (exact) mass is 330 g/mol. The van der Waals surface area contributed by atoms with Crippen molar-refractivity contribution in [3.05, 3.63) is 28.3 Å². The molecule has 0 aliphatic carbocycles. The predicted octanol–water partition coefficient (Wildman–Crippen LogP) is 3.40. The minimum absolute atomic E-state index is 0. The van der Waals surface area contributed by atoms with Crippen molar-refractivity contribution in [2.75, 3.05) is 13.2 Å². The van der Waals surface area contributed by atoms with Crippen molar-refractivity contribution in [3.8, 4) is 5.75 Å². The SMILES string of the molecule is CC(N)C1CCCCN1Cc1cc(Cl)cc2c1OCC2.Cl. The molecular weight excluding hydrogens is 307 g/mol. The largest absolute Gasteiger partial charge is 0.493 e. The zero-order valence-electron chi connectivity index (χ0n) is 12.5. The summed E-state index contributed by atoms with van der Waals surface area (Å²) in [5.41, 5.74) is 8.63. The maximum Gasteiger partial charge on any atom is 0.127 e. The number of benzene rings is 1. The van der Waals surface area contributed by atoms with E-state index >= 15 is 0 Å². The summed E-state index contributed by atoms with van der Waals surface area (Å²) in [5, 5.41) is 0.818. The van der Waals surface area contributed by atoms with E-state index in [0.29, 0.717) is 6.04 Å². The van der Waals surface area contributed by atoms with Gasteiger partial charge in [0.05, 0.1) is 6.61 Å². The number of hydrogen-bond donors (Lipinski definition) is 1. The normalized spacial score (nSPS) is 23.1. The fourth-order valence-corrected chi connectivity index (χ4v) is 3.75. The Balaban J connectivity index is 0.00000161. The lowest BCUT2D eigenvalue weighted by Crippen LogP contribution is -2.48. The van der Waals surface area contributed by atoms with Crippen LogP contribution >= 0.6 is 24.0 Å². The van der Waals surface area contributed by atoms with Crippen LogP contribution in [0.5, 0.6) is 5.75 Å². The van der Waals surface area contributed by atoms with Crippen molar-refractivity contribution in [1.82, 2.24) is 4.90 Å². The van der Waals surface area contributed by atoms with Crippen molar-refractivity contribution >= 4 is 24.0 Å². The molecule has 2 unspecified atom stereocenters. The van der Waals surface area contributed by atoms with Crippen molar-refractivity contribution < 1.29 is 4.74 Å². The fourth-order valence-electron chi connectivity index (χ4n) is 3.49. The van der Waals surface area contributed by atoms with E-state index in [1.165, 1.54) is 30.4 Å². The number of halogens is 2. The Morgan fingerprint density at radius 1 is 1.43 bits per heavy atom. The van der Waals surface area contributed by atoms with Gasteiger partial charge in [-0.2, -0.15) is 0 Å². The molecule has 2 aliphatic heterocycles. The number of nitrogens with two attached hydrogens (primary N) is 1. The molecule has 2 N–H and O–H groups in total. The van der Waals surface area contributed by atoms with Gasteiger partial charge >= 0.3 is 0 Å². The smallest absolute Gasteiger partial charge is 0.127 e. The average molecular weight is 331 g/mol. The quantitative estimate of drug-likeness (QED) is 0.923. The zero-order chi connectivity index (χ0) is 14.1. The van der Waals surface area contributed by atoms with E-state index in [1.54, 1.807) is 0 Å². The van der Waals surface area contributed by atoms with Crippen LogP contribution in [-0.4, -0.2) is 30.1 Å². The Hall–Kier alpha value is -0.480. The van der Waals surface area contributed by atoms with E-state index < -0.39 is 0 Å². The number of fused-ring (bicyclic) bond motifs is 1. The summed E-state index contributed by atoms with van der Waals surface area (Å²) in [4.78, 5) is 2.50. The second kappa shape index (κ2) is 7.19. The highest BCUT2D eigenvalue weighted by molar-refractivity contribution is 6.30. The molecule has 0 spiro atoms. The maximum absolute atomic E-state index is 6.25. The Kier molecular flexibility index (Phi) is 5.78. The minimum atomic E-state index is 0. The second-order valence-corrected chi connectivity index (χ2v) is 6.48. The lowest BCUT2D eigenvalue weighted by atomic mass is 9.96. The molecule has 2 aliphatic rings. The number of nitrogens with zero attached hydrogens (tertiary/aromatic N) is 1. The molecule has 1 aromatic carbocycles. The van der Waals surface area contributed by atoms with Crippen molar-refractivity contribution in [3.63, 3.8) is 0 Å². The second-order valence-electron chi connectivity index (χ2n) is 6.04. The van der Waals surface area contributed by atoms with Crippen LogP contribution in [0.25, 0.3) is 0 Å². The van der Waals surface area contributed by atoms with E-state index in [0.717, 1.165) is 36.9 Å². The van der Waals surface area contributed by atoms with Crippen LogP contribution in [0.4, 0.5) is 0 Å². The molecule has 0 bridgehead atoms. The molecular formula is C16H24Cl2N2O. The van der Waals surface area contributed by atoms with Crippen LogP contribution in [0.3, 0.4) is 0 Å². The van der Waals surface area contributed by atoms with E-state index in [4.69, 9.17) is 22.1 Å². The zero-order valence-corrected chi connectivity index (χ0v) is 14.1. The van der Waals surface area contributed by atoms with Gasteiger partial charge in [-0.15, -0.1) is 12.4 Å². The van der Waals surface area contributed by atoms with E-state index in [-0.39, 0.29) is 18.4 Å². The fraction of sp³-hybridized carbons (Fsp3) is 0.625. The minimum Gasteiger partial charge on any atom is -0.493 e. The van der Waals surface area contributed by atoms with Crippen LogP contribution < -0.4 is 10.5 Å². The molecule has 3 nitrogen and oxygen atoms in total. The number of piperidine rings is 1. The standard InChI is InChI=1S/C16H23ClN2O.ClH/c1-11(18)15-4-2-3-6-19(15)10-13-9-14(17)8-12-5-7-20-16(12)13;/h8-9,11,15H,2-7,10,18H2,1H3;1H. The Labute approximate surface area is 138 Å². The van der Waals surface area contributed by atoms with Gasteiger partial charge in [0.2, 0.25) is 0 Å². The maximum atomic E-state index is 6.25. The number of hydrogen-bond acceptors (Lipinski definition) is 3. The van der Waals surface area contributed by atoms with Gasteiger partial charge in [0.25, 0.3) is 0 Å².